The Kier molecular flexibility index (Phi) is 3.16. The summed E-state index contributed by atoms with van der Waals surface area (Å²) >= 11 is 0. The Labute approximate surface area is 112 Å². The van der Waals surface area contributed by atoms with Crippen molar-refractivity contribution in [1.29, 1.82) is 5.26 Å². The summed E-state index contributed by atoms with van der Waals surface area (Å²) in [6.45, 7) is 0. The molecular formula is C15H18FN3. The van der Waals surface area contributed by atoms with E-state index in [1.165, 1.54) is 18.6 Å². The lowest BCUT2D eigenvalue weighted by Crippen LogP contribution is -2.55. The minimum atomic E-state index is -0.348. The lowest BCUT2D eigenvalue weighted by Gasteiger charge is -2.49. The molecule has 100 valence electrons. The van der Waals surface area contributed by atoms with Gasteiger partial charge in [-0.2, -0.15) is 5.26 Å². The monoisotopic (exact) mass is 259 g/mol. The van der Waals surface area contributed by atoms with Gasteiger partial charge in [-0.3, -0.25) is 0 Å². The summed E-state index contributed by atoms with van der Waals surface area (Å²) in [4.78, 5) is 2.32. The highest BCUT2D eigenvalue weighted by Crippen LogP contribution is 2.38. The van der Waals surface area contributed by atoms with E-state index in [4.69, 9.17) is 5.73 Å². The molecule has 2 unspecified atom stereocenters. The van der Waals surface area contributed by atoms with Gasteiger partial charge in [0.05, 0.1) is 11.3 Å². The molecule has 0 aromatic heterocycles. The van der Waals surface area contributed by atoms with Crippen molar-refractivity contribution in [1.82, 2.24) is 0 Å². The predicted octanol–water partition coefficient (Wildman–Crippen LogP) is 2.55. The van der Waals surface area contributed by atoms with E-state index < -0.39 is 0 Å². The maximum absolute atomic E-state index is 13.3. The molecule has 3 nitrogen and oxygen atoms in total. The number of fused-ring (bicyclic) bond motifs is 2. The molecule has 1 aromatic rings. The van der Waals surface area contributed by atoms with Gasteiger partial charge in [0.15, 0.2) is 0 Å². The quantitative estimate of drug-likeness (QED) is 0.843. The maximum Gasteiger partial charge on any atom is 0.124 e. The van der Waals surface area contributed by atoms with Gasteiger partial charge in [0.1, 0.15) is 11.9 Å². The number of nitrogens with two attached hydrogens (primary N) is 1. The average Bonchev–Trinajstić information content (AvgIpc) is 2.38. The zero-order valence-corrected chi connectivity index (χ0v) is 10.8. The summed E-state index contributed by atoms with van der Waals surface area (Å²) in [6, 6.07) is 7.71. The number of rotatable bonds is 1. The Morgan fingerprint density at radius 2 is 1.95 bits per heavy atom. The second-order valence-electron chi connectivity index (χ2n) is 5.65. The Bertz CT molecular complexity index is 509. The van der Waals surface area contributed by atoms with Crippen molar-refractivity contribution in [3.63, 3.8) is 0 Å². The van der Waals surface area contributed by atoms with Crippen molar-refractivity contribution < 1.29 is 4.39 Å². The second-order valence-corrected chi connectivity index (χ2v) is 5.65. The minimum absolute atomic E-state index is 0.262. The van der Waals surface area contributed by atoms with E-state index in [2.05, 4.69) is 11.0 Å². The number of piperidine rings is 2. The summed E-state index contributed by atoms with van der Waals surface area (Å²) < 4.78 is 13.3. The molecule has 0 spiro atoms. The van der Waals surface area contributed by atoms with E-state index in [0.29, 0.717) is 17.6 Å². The molecule has 4 heteroatoms. The normalized spacial score (nSPS) is 29.9. The molecule has 2 atom stereocenters. The Balaban J connectivity index is 2.00. The smallest absolute Gasteiger partial charge is 0.124 e. The van der Waals surface area contributed by atoms with Crippen LogP contribution in [0.25, 0.3) is 0 Å². The highest BCUT2D eigenvalue weighted by atomic mass is 19.1. The van der Waals surface area contributed by atoms with E-state index in [1.807, 2.05) is 0 Å². The maximum atomic E-state index is 13.3. The molecule has 2 bridgehead atoms. The first-order chi connectivity index (χ1) is 9.19. The van der Waals surface area contributed by atoms with Gasteiger partial charge in [0, 0.05) is 18.1 Å². The largest absolute Gasteiger partial charge is 0.364 e. The van der Waals surface area contributed by atoms with Gasteiger partial charge in [-0.25, -0.2) is 4.39 Å². The lowest BCUT2D eigenvalue weighted by molar-refractivity contribution is 0.271. The molecule has 0 aliphatic carbocycles. The summed E-state index contributed by atoms with van der Waals surface area (Å²) in [6.07, 6.45) is 5.40. The Morgan fingerprint density at radius 1 is 1.26 bits per heavy atom. The van der Waals surface area contributed by atoms with Crippen LogP contribution < -0.4 is 10.6 Å². The fraction of sp³-hybridized carbons (Fsp3) is 0.533. The van der Waals surface area contributed by atoms with E-state index in [0.717, 1.165) is 31.4 Å². The van der Waals surface area contributed by atoms with E-state index in [-0.39, 0.29) is 11.9 Å². The fourth-order valence-electron chi connectivity index (χ4n) is 3.64. The zero-order valence-electron chi connectivity index (χ0n) is 10.8. The summed E-state index contributed by atoms with van der Waals surface area (Å²) in [5.74, 6) is -0.348. The first-order valence-corrected chi connectivity index (χ1v) is 6.92. The number of hydrogen-bond acceptors (Lipinski definition) is 3. The molecule has 2 heterocycles. The number of nitrogens with zero attached hydrogens (tertiary/aromatic N) is 2. The molecule has 1 aromatic carbocycles. The van der Waals surface area contributed by atoms with Crippen LogP contribution in [0.2, 0.25) is 0 Å². The van der Waals surface area contributed by atoms with Crippen molar-refractivity contribution in [2.24, 2.45) is 5.73 Å². The number of anilines is 1. The molecule has 2 N–H and O–H groups in total. The Morgan fingerprint density at radius 3 is 2.58 bits per heavy atom. The van der Waals surface area contributed by atoms with Gasteiger partial charge >= 0.3 is 0 Å². The highest BCUT2D eigenvalue weighted by Gasteiger charge is 2.37. The number of nitriles is 1. The summed E-state index contributed by atoms with van der Waals surface area (Å²) in [5, 5.41) is 9.22. The van der Waals surface area contributed by atoms with Crippen LogP contribution in [0.5, 0.6) is 0 Å². The Hall–Kier alpha value is -1.60. The van der Waals surface area contributed by atoms with Crippen LogP contribution in [0.1, 0.15) is 37.7 Å². The third-order valence-corrected chi connectivity index (χ3v) is 4.37. The third kappa shape index (κ3) is 2.19. The van der Waals surface area contributed by atoms with Gasteiger partial charge < -0.3 is 10.6 Å². The second kappa shape index (κ2) is 4.82. The molecule has 2 aliphatic heterocycles. The van der Waals surface area contributed by atoms with Crippen LogP contribution in [-0.2, 0) is 0 Å². The van der Waals surface area contributed by atoms with Crippen LogP contribution in [-0.4, -0.2) is 18.1 Å². The van der Waals surface area contributed by atoms with Crippen LogP contribution in [0.4, 0.5) is 10.1 Å². The van der Waals surface area contributed by atoms with E-state index in [9.17, 15) is 9.65 Å². The standard InChI is InChI=1S/C15H18FN3/c16-11-4-5-15(10(6-11)9-17)19-13-2-1-3-14(19)8-12(18)7-13/h4-6,12-14H,1-3,7-8,18H2. The molecule has 3 rings (SSSR count). The van der Waals surface area contributed by atoms with E-state index >= 15 is 0 Å². The average molecular weight is 259 g/mol. The topological polar surface area (TPSA) is 53.0 Å². The zero-order chi connectivity index (χ0) is 13.4. The lowest BCUT2D eigenvalue weighted by atomic mass is 9.81. The van der Waals surface area contributed by atoms with Crippen LogP contribution >= 0.6 is 0 Å². The van der Waals surface area contributed by atoms with E-state index in [1.54, 1.807) is 6.07 Å². The number of hydrogen-bond donors (Lipinski definition) is 1. The van der Waals surface area contributed by atoms with Crippen molar-refractivity contribution in [2.75, 3.05) is 4.90 Å². The third-order valence-electron chi connectivity index (χ3n) is 4.37. The molecule has 0 saturated carbocycles. The van der Waals surface area contributed by atoms with Gasteiger partial charge in [0.25, 0.3) is 0 Å². The highest BCUT2D eigenvalue weighted by molar-refractivity contribution is 5.61. The molecule has 2 saturated heterocycles. The summed E-state index contributed by atoms with van der Waals surface area (Å²) in [7, 11) is 0. The fourth-order valence-corrected chi connectivity index (χ4v) is 3.64. The first kappa shape index (κ1) is 12.4. The van der Waals surface area contributed by atoms with Crippen LogP contribution in [0.15, 0.2) is 18.2 Å². The number of benzene rings is 1. The van der Waals surface area contributed by atoms with Crippen molar-refractivity contribution in [2.45, 2.75) is 50.2 Å². The minimum Gasteiger partial charge on any atom is -0.364 e. The van der Waals surface area contributed by atoms with Gasteiger partial charge in [0.2, 0.25) is 0 Å². The van der Waals surface area contributed by atoms with Gasteiger partial charge in [-0.1, -0.05) is 0 Å². The van der Waals surface area contributed by atoms with Crippen molar-refractivity contribution >= 4 is 5.69 Å². The predicted molar refractivity (Wildman–Crippen MR) is 72.2 cm³/mol. The molecule has 19 heavy (non-hydrogen) atoms. The SMILES string of the molecule is N#Cc1cc(F)ccc1N1C2CCCC1CC(N)C2. The molecule has 0 amide bonds. The van der Waals surface area contributed by atoms with Gasteiger partial charge in [-0.05, 0) is 50.3 Å². The molecule has 2 fully saturated rings. The molecule has 0 radical (unpaired) electrons. The first-order valence-electron chi connectivity index (χ1n) is 6.92. The van der Waals surface area contributed by atoms with Crippen LogP contribution in [0, 0.1) is 17.1 Å². The number of halogens is 1. The summed E-state index contributed by atoms with van der Waals surface area (Å²) in [5.41, 5.74) is 7.43. The van der Waals surface area contributed by atoms with Crippen LogP contribution in [0.3, 0.4) is 0 Å². The van der Waals surface area contributed by atoms with Crippen molar-refractivity contribution in [3.05, 3.63) is 29.6 Å². The molecule has 2 aliphatic rings. The van der Waals surface area contributed by atoms with Crippen molar-refractivity contribution in [3.8, 4) is 6.07 Å². The molecular weight excluding hydrogens is 241 g/mol. The van der Waals surface area contributed by atoms with Gasteiger partial charge in [-0.15, -0.1) is 0 Å².